The highest BCUT2D eigenvalue weighted by Crippen LogP contribution is 2.30. The van der Waals surface area contributed by atoms with Gasteiger partial charge in [0.25, 0.3) is 5.91 Å². The number of carbonyl (C=O) groups excluding carboxylic acids is 1. The standard InChI is InChI=1S/C23H26N4O/c1-16-14-18(10-11-19(16)17-8-5-4-6-9-17)22-25-21(23(28)24-2)20-15-26(3)12-7-13-27(20)22/h4-6,8-11,14H,7,12-13,15H2,1-3H3,(H,24,28). The van der Waals surface area contributed by atoms with Gasteiger partial charge in [0.1, 0.15) is 5.82 Å². The minimum atomic E-state index is -0.122. The summed E-state index contributed by atoms with van der Waals surface area (Å²) in [6.07, 6.45) is 1.04. The SMILES string of the molecule is CNC(=O)c1nc(-c2ccc(-c3ccccc3)c(C)c2)n2c1CN(C)CCC2. The number of carbonyl (C=O) groups is 1. The molecule has 0 saturated carbocycles. The van der Waals surface area contributed by atoms with E-state index in [4.69, 9.17) is 4.98 Å². The highest BCUT2D eigenvalue weighted by atomic mass is 16.1. The molecule has 2 heterocycles. The molecule has 0 radical (unpaired) electrons. The second kappa shape index (κ2) is 7.60. The van der Waals surface area contributed by atoms with Crippen molar-refractivity contribution in [1.29, 1.82) is 0 Å². The molecule has 5 heteroatoms. The number of nitrogens with zero attached hydrogens (tertiary/aromatic N) is 3. The van der Waals surface area contributed by atoms with Gasteiger partial charge < -0.3 is 14.8 Å². The first-order valence-corrected chi connectivity index (χ1v) is 9.75. The summed E-state index contributed by atoms with van der Waals surface area (Å²) in [6, 6.07) is 16.9. The Morgan fingerprint density at radius 1 is 1.07 bits per heavy atom. The molecule has 144 valence electrons. The fourth-order valence-corrected chi connectivity index (χ4v) is 3.99. The van der Waals surface area contributed by atoms with Gasteiger partial charge in [0.2, 0.25) is 0 Å². The van der Waals surface area contributed by atoms with Gasteiger partial charge in [-0.15, -0.1) is 0 Å². The number of benzene rings is 2. The Bertz CT molecular complexity index is 1010. The fraction of sp³-hybridized carbons (Fsp3) is 0.304. The van der Waals surface area contributed by atoms with Crippen molar-refractivity contribution in [3.8, 4) is 22.5 Å². The summed E-state index contributed by atoms with van der Waals surface area (Å²) < 4.78 is 2.23. The lowest BCUT2D eigenvalue weighted by Crippen LogP contribution is -2.23. The maximum Gasteiger partial charge on any atom is 0.271 e. The second-order valence-corrected chi connectivity index (χ2v) is 7.45. The number of aryl methyl sites for hydroxylation is 1. The molecule has 0 fully saturated rings. The largest absolute Gasteiger partial charge is 0.354 e. The number of fused-ring (bicyclic) bond motifs is 1. The van der Waals surface area contributed by atoms with Gasteiger partial charge in [-0.2, -0.15) is 0 Å². The van der Waals surface area contributed by atoms with Crippen LogP contribution in [0.5, 0.6) is 0 Å². The van der Waals surface area contributed by atoms with Gasteiger partial charge in [-0.3, -0.25) is 4.79 Å². The Hall–Kier alpha value is -2.92. The molecule has 0 saturated heterocycles. The summed E-state index contributed by atoms with van der Waals surface area (Å²) in [7, 11) is 3.75. The summed E-state index contributed by atoms with van der Waals surface area (Å²) in [5.41, 5.74) is 6.22. The molecule has 0 unspecified atom stereocenters. The van der Waals surface area contributed by atoms with Gasteiger partial charge in [-0.25, -0.2) is 4.98 Å². The molecule has 28 heavy (non-hydrogen) atoms. The lowest BCUT2D eigenvalue weighted by Gasteiger charge is -2.13. The smallest absolute Gasteiger partial charge is 0.271 e. The summed E-state index contributed by atoms with van der Waals surface area (Å²) >= 11 is 0. The molecule has 0 spiro atoms. The van der Waals surface area contributed by atoms with Crippen LogP contribution >= 0.6 is 0 Å². The predicted octanol–water partition coefficient (Wildman–Crippen LogP) is 3.72. The molecule has 5 nitrogen and oxygen atoms in total. The van der Waals surface area contributed by atoms with Crippen molar-refractivity contribution in [2.75, 3.05) is 20.6 Å². The first-order valence-electron chi connectivity index (χ1n) is 9.75. The van der Waals surface area contributed by atoms with E-state index in [0.717, 1.165) is 43.1 Å². The molecule has 1 amide bonds. The second-order valence-electron chi connectivity index (χ2n) is 7.45. The Balaban J connectivity index is 1.81. The topological polar surface area (TPSA) is 50.2 Å². The first kappa shape index (κ1) is 18.4. The van der Waals surface area contributed by atoms with Crippen LogP contribution in [0.3, 0.4) is 0 Å². The molecule has 1 aliphatic rings. The molecular weight excluding hydrogens is 348 g/mol. The zero-order valence-electron chi connectivity index (χ0n) is 16.7. The normalized spacial score (nSPS) is 14.4. The monoisotopic (exact) mass is 374 g/mol. The maximum atomic E-state index is 12.4. The molecular formula is C23H26N4O. The van der Waals surface area contributed by atoms with Crippen molar-refractivity contribution < 1.29 is 4.79 Å². The van der Waals surface area contributed by atoms with Gasteiger partial charge in [0, 0.05) is 25.7 Å². The number of hydrogen-bond acceptors (Lipinski definition) is 3. The van der Waals surface area contributed by atoms with E-state index in [1.54, 1.807) is 7.05 Å². The number of imidazole rings is 1. The number of aromatic nitrogens is 2. The summed E-state index contributed by atoms with van der Waals surface area (Å²) in [5.74, 6) is 0.759. The summed E-state index contributed by atoms with van der Waals surface area (Å²) in [6.45, 7) is 4.75. The minimum Gasteiger partial charge on any atom is -0.354 e. The third kappa shape index (κ3) is 3.34. The van der Waals surface area contributed by atoms with Crippen LogP contribution in [-0.4, -0.2) is 41.0 Å². The molecule has 3 aromatic rings. The Morgan fingerprint density at radius 3 is 2.57 bits per heavy atom. The third-order valence-electron chi connectivity index (χ3n) is 5.43. The van der Waals surface area contributed by atoms with E-state index in [1.807, 2.05) is 6.07 Å². The average molecular weight is 374 g/mol. The number of nitrogens with one attached hydrogen (secondary N) is 1. The van der Waals surface area contributed by atoms with Crippen LogP contribution in [0.25, 0.3) is 22.5 Å². The van der Waals surface area contributed by atoms with Crippen LogP contribution < -0.4 is 5.32 Å². The van der Waals surface area contributed by atoms with Gasteiger partial charge in [0.05, 0.1) is 5.69 Å². The van der Waals surface area contributed by atoms with Crippen molar-refractivity contribution in [2.24, 2.45) is 0 Å². The fourth-order valence-electron chi connectivity index (χ4n) is 3.99. The molecule has 4 rings (SSSR count). The lowest BCUT2D eigenvalue weighted by atomic mass is 9.98. The third-order valence-corrected chi connectivity index (χ3v) is 5.43. The van der Waals surface area contributed by atoms with E-state index in [0.29, 0.717) is 5.69 Å². The predicted molar refractivity (Wildman–Crippen MR) is 112 cm³/mol. The molecule has 1 aromatic heterocycles. The van der Waals surface area contributed by atoms with E-state index in [-0.39, 0.29) is 5.91 Å². The van der Waals surface area contributed by atoms with Crippen LogP contribution in [0.1, 0.15) is 28.2 Å². The van der Waals surface area contributed by atoms with Crippen molar-refractivity contribution in [1.82, 2.24) is 19.8 Å². The van der Waals surface area contributed by atoms with E-state index < -0.39 is 0 Å². The van der Waals surface area contributed by atoms with Crippen molar-refractivity contribution in [2.45, 2.75) is 26.4 Å². The zero-order chi connectivity index (χ0) is 19.7. The number of rotatable bonds is 3. The molecule has 0 atom stereocenters. The summed E-state index contributed by atoms with van der Waals surface area (Å²) in [5, 5.41) is 2.74. The summed E-state index contributed by atoms with van der Waals surface area (Å²) in [4.78, 5) is 19.5. The average Bonchev–Trinajstić information content (AvgIpc) is 2.94. The number of amides is 1. The van der Waals surface area contributed by atoms with Crippen LogP contribution in [0.4, 0.5) is 0 Å². The quantitative estimate of drug-likeness (QED) is 0.760. The highest BCUT2D eigenvalue weighted by molar-refractivity contribution is 5.94. The van der Waals surface area contributed by atoms with E-state index in [1.165, 1.54) is 16.7 Å². The number of hydrogen-bond donors (Lipinski definition) is 1. The van der Waals surface area contributed by atoms with Crippen LogP contribution in [0, 0.1) is 6.92 Å². The molecule has 2 aromatic carbocycles. The zero-order valence-corrected chi connectivity index (χ0v) is 16.7. The molecule has 1 N–H and O–H groups in total. The van der Waals surface area contributed by atoms with Crippen LogP contribution in [0.15, 0.2) is 48.5 Å². The van der Waals surface area contributed by atoms with Crippen LogP contribution in [0.2, 0.25) is 0 Å². The first-order chi connectivity index (χ1) is 13.6. The van der Waals surface area contributed by atoms with Gasteiger partial charge in [-0.05, 0) is 49.7 Å². The van der Waals surface area contributed by atoms with E-state index >= 15 is 0 Å². The van der Waals surface area contributed by atoms with Crippen LogP contribution in [-0.2, 0) is 13.1 Å². The Labute approximate surface area is 166 Å². The van der Waals surface area contributed by atoms with Crippen molar-refractivity contribution >= 4 is 5.91 Å². The highest BCUT2D eigenvalue weighted by Gasteiger charge is 2.25. The minimum absolute atomic E-state index is 0.122. The maximum absolute atomic E-state index is 12.4. The Morgan fingerprint density at radius 2 is 1.86 bits per heavy atom. The van der Waals surface area contributed by atoms with Gasteiger partial charge in [-0.1, -0.05) is 42.5 Å². The van der Waals surface area contributed by atoms with E-state index in [2.05, 4.69) is 71.2 Å². The van der Waals surface area contributed by atoms with Gasteiger partial charge >= 0.3 is 0 Å². The molecule has 1 aliphatic heterocycles. The van der Waals surface area contributed by atoms with Crippen molar-refractivity contribution in [3.63, 3.8) is 0 Å². The Kier molecular flexibility index (Phi) is 5.01. The van der Waals surface area contributed by atoms with E-state index in [9.17, 15) is 4.79 Å². The molecule has 0 bridgehead atoms. The van der Waals surface area contributed by atoms with Crippen molar-refractivity contribution in [3.05, 3.63) is 65.5 Å². The lowest BCUT2D eigenvalue weighted by molar-refractivity contribution is 0.0956. The molecule has 0 aliphatic carbocycles. The van der Waals surface area contributed by atoms with Gasteiger partial charge in [0.15, 0.2) is 5.69 Å².